The Balaban J connectivity index is 0. The molecule has 2 aromatic rings. The van der Waals surface area contributed by atoms with Gasteiger partial charge in [-0.1, -0.05) is 36.4 Å². The van der Waals surface area contributed by atoms with Crippen LogP contribution in [-0.2, 0) is 4.79 Å². The number of hydrogen-bond donors (Lipinski definition) is 5. The van der Waals surface area contributed by atoms with E-state index < -0.39 is 11.9 Å². The maximum Gasteiger partial charge on any atom is 0.315 e. The highest BCUT2D eigenvalue weighted by Gasteiger charge is 2.26. The third kappa shape index (κ3) is 4.62. The van der Waals surface area contributed by atoms with Crippen molar-refractivity contribution < 1.29 is 20.1 Å². The van der Waals surface area contributed by atoms with E-state index in [4.69, 9.17) is 0 Å². The summed E-state index contributed by atoms with van der Waals surface area (Å²) < 4.78 is 0. The molecule has 0 aliphatic carbocycles. The molecule has 0 bridgehead atoms. The van der Waals surface area contributed by atoms with Gasteiger partial charge in [-0.15, -0.1) is 13.2 Å². The van der Waals surface area contributed by atoms with Crippen LogP contribution in [0.2, 0.25) is 0 Å². The average Bonchev–Trinajstić information content (AvgIpc) is 2.45. The molecule has 0 heterocycles. The maximum atomic E-state index is 11.4. The highest BCUT2D eigenvalue weighted by Crippen LogP contribution is 2.35. The lowest BCUT2D eigenvalue weighted by molar-refractivity contribution is -0.137. The fraction of sp³-hybridized carbons (Fsp3) is 0.0625. The second kappa shape index (κ2) is 9.98. The van der Waals surface area contributed by atoms with Gasteiger partial charge in [-0.2, -0.15) is 0 Å². The second-order valence-electron chi connectivity index (χ2n) is 3.89. The lowest BCUT2D eigenvalue weighted by Crippen LogP contribution is -2.13. The number of carboxylic acid groups (broad SMARTS) is 1. The fourth-order valence-corrected chi connectivity index (χ4v) is 1.90. The van der Waals surface area contributed by atoms with Crippen molar-refractivity contribution in [1.82, 2.24) is 12.3 Å². The minimum absolute atomic E-state index is 0. The number of carboxylic acids is 1. The first kappa shape index (κ1) is 21.5. The number of aliphatic carboxylic acids is 1. The van der Waals surface area contributed by atoms with Crippen LogP contribution >= 0.6 is 0 Å². The molecule has 120 valence electrons. The Morgan fingerprint density at radius 3 is 1.41 bits per heavy atom. The van der Waals surface area contributed by atoms with E-state index in [1.807, 2.05) is 0 Å². The molecule has 6 heteroatoms. The van der Waals surface area contributed by atoms with E-state index >= 15 is 0 Å². The van der Waals surface area contributed by atoms with Crippen molar-refractivity contribution in [3.8, 4) is 11.5 Å². The third-order valence-corrected chi connectivity index (χ3v) is 2.74. The summed E-state index contributed by atoms with van der Waals surface area (Å²) in [4.78, 5) is 11.4. The van der Waals surface area contributed by atoms with Gasteiger partial charge in [0.25, 0.3) is 0 Å². The summed E-state index contributed by atoms with van der Waals surface area (Å²) >= 11 is 0. The highest BCUT2D eigenvalue weighted by molar-refractivity contribution is 5.82. The summed E-state index contributed by atoms with van der Waals surface area (Å²) in [6.45, 7) is 6.00. The number of phenols is 2. The van der Waals surface area contributed by atoms with E-state index in [0.29, 0.717) is 0 Å². The van der Waals surface area contributed by atoms with Gasteiger partial charge in [0.2, 0.25) is 0 Å². The molecule has 9 N–H and O–H groups in total. The predicted molar refractivity (Wildman–Crippen MR) is 87.0 cm³/mol. The molecular weight excluding hydrogens is 284 g/mol. The van der Waals surface area contributed by atoms with Gasteiger partial charge in [0.15, 0.2) is 0 Å². The molecule has 0 radical (unpaired) electrons. The normalized spacial score (nSPS) is 8.77. The molecule has 0 aliphatic heterocycles. The summed E-state index contributed by atoms with van der Waals surface area (Å²) in [7, 11) is 0. The molecule has 0 amide bonds. The van der Waals surface area contributed by atoms with E-state index in [0.717, 1.165) is 0 Å². The van der Waals surface area contributed by atoms with E-state index in [-0.39, 0.29) is 34.9 Å². The zero-order valence-corrected chi connectivity index (χ0v) is 12.3. The number of para-hydroxylation sites is 2. The number of aromatic hydroxyl groups is 2. The Kier molecular flexibility index (Phi) is 9.74. The Morgan fingerprint density at radius 2 is 1.14 bits per heavy atom. The molecule has 0 aliphatic rings. The number of hydrogen-bond acceptors (Lipinski definition) is 5. The van der Waals surface area contributed by atoms with Gasteiger partial charge in [0.05, 0.1) is 0 Å². The zero-order chi connectivity index (χ0) is 15.1. The molecule has 2 rings (SSSR count). The van der Waals surface area contributed by atoms with E-state index in [1.54, 1.807) is 24.3 Å². The van der Waals surface area contributed by atoms with Crippen LogP contribution in [-0.4, -0.2) is 21.3 Å². The van der Waals surface area contributed by atoms with Crippen molar-refractivity contribution in [2.45, 2.75) is 5.92 Å². The lowest BCUT2D eigenvalue weighted by atomic mass is 9.90. The number of benzene rings is 2. The van der Waals surface area contributed by atoms with Crippen LogP contribution in [0.1, 0.15) is 17.0 Å². The SMILES string of the molecule is C=C.N.N.O=C(O)C(c1ccccc1O)c1ccccc1O. The standard InChI is InChI=1S/C14H12O4.C2H4.2H3N/c15-11-7-3-1-5-9(11)13(14(17)18)10-6-2-4-8-12(10)16;1-2;;/h1-8,13,15-16H,(H,17,18);1-2H2;2*1H3. The van der Waals surface area contributed by atoms with Gasteiger partial charge in [0.1, 0.15) is 17.4 Å². The monoisotopic (exact) mass is 306 g/mol. The van der Waals surface area contributed by atoms with Gasteiger partial charge >= 0.3 is 5.97 Å². The molecule has 0 fully saturated rings. The van der Waals surface area contributed by atoms with Crippen LogP contribution in [0, 0.1) is 0 Å². The van der Waals surface area contributed by atoms with Crippen LogP contribution < -0.4 is 12.3 Å². The Bertz CT molecular complexity index is 557. The summed E-state index contributed by atoms with van der Waals surface area (Å²) in [6.07, 6.45) is 0. The molecule has 6 nitrogen and oxygen atoms in total. The summed E-state index contributed by atoms with van der Waals surface area (Å²) in [6, 6.07) is 12.4. The summed E-state index contributed by atoms with van der Waals surface area (Å²) in [5, 5.41) is 28.8. The number of carbonyl (C=O) groups is 1. The lowest BCUT2D eigenvalue weighted by Gasteiger charge is -2.15. The van der Waals surface area contributed by atoms with E-state index in [1.165, 1.54) is 24.3 Å². The van der Waals surface area contributed by atoms with Crippen molar-refractivity contribution in [2.75, 3.05) is 0 Å². The molecule has 0 saturated heterocycles. The first-order valence-electron chi connectivity index (χ1n) is 5.90. The van der Waals surface area contributed by atoms with Crippen LogP contribution in [0.15, 0.2) is 61.7 Å². The van der Waals surface area contributed by atoms with Crippen molar-refractivity contribution in [3.05, 3.63) is 72.8 Å². The smallest absolute Gasteiger partial charge is 0.315 e. The molecule has 2 aromatic carbocycles. The van der Waals surface area contributed by atoms with Gasteiger partial charge in [0, 0.05) is 11.1 Å². The number of rotatable bonds is 3. The van der Waals surface area contributed by atoms with E-state index in [9.17, 15) is 20.1 Å². The Morgan fingerprint density at radius 1 is 0.818 bits per heavy atom. The first-order chi connectivity index (χ1) is 9.61. The molecule has 0 unspecified atom stereocenters. The molecule has 0 saturated carbocycles. The molecule has 22 heavy (non-hydrogen) atoms. The van der Waals surface area contributed by atoms with Crippen molar-refractivity contribution in [2.24, 2.45) is 0 Å². The van der Waals surface area contributed by atoms with Gasteiger partial charge < -0.3 is 27.6 Å². The van der Waals surface area contributed by atoms with Crippen molar-refractivity contribution in [3.63, 3.8) is 0 Å². The molecule has 0 atom stereocenters. The Labute approximate surface area is 129 Å². The zero-order valence-electron chi connectivity index (χ0n) is 12.3. The summed E-state index contributed by atoms with van der Waals surface area (Å²) in [5.41, 5.74) is 0.512. The van der Waals surface area contributed by atoms with Gasteiger partial charge in [-0.3, -0.25) is 4.79 Å². The van der Waals surface area contributed by atoms with E-state index in [2.05, 4.69) is 13.2 Å². The predicted octanol–water partition coefficient (Wildman–Crippen LogP) is 3.44. The third-order valence-electron chi connectivity index (χ3n) is 2.74. The van der Waals surface area contributed by atoms with Crippen molar-refractivity contribution in [1.29, 1.82) is 0 Å². The van der Waals surface area contributed by atoms with Crippen LogP contribution in [0.5, 0.6) is 11.5 Å². The summed E-state index contributed by atoms with van der Waals surface area (Å²) in [5.74, 6) is -2.42. The highest BCUT2D eigenvalue weighted by atomic mass is 16.4. The fourth-order valence-electron chi connectivity index (χ4n) is 1.90. The topological polar surface area (TPSA) is 148 Å². The van der Waals surface area contributed by atoms with Gasteiger partial charge in [-0.25, -0.2) is 0 Å². The van der Waals surface area contributed by atoms with Crippen LogP contribution in [0.25, 0.3) is 0 Å². The van der Waals surface area contributed by atoms with Gasteiger partial charge in [-0.05, 0) is 12.1 Å². The second-order valence-corrected chi connectivity index (χ2v) is 3.89. The minimum Gasteiger partial charge on any atom is -0.508 e. The minimum atomic E-state index is -1.13. The first-order valence-corrected chi connectivity index (χ1v) is 5.90. The average molecular weight is 306 g/mol. The van der Waals surface area contributed by atoms with Crippen LogP contribution in [0.3, 0.4) is 0 Å². The maximum absolute atomic E-state index is 11.4. The molecule has 0 aromatic heterocycles. The molecule has 0 spiro atoms. The molecular formula is C16H22N2O4. The Hall–Kier alpha value is -2.83. The number of phenolic OH excluding ortho intramolecular Hbond substituents is 2. The van der Waals surface area contributed by atoms with Crippen LogP contribution in [0.4, 0.5) is 0 Å². The largest absolute Gasteiger partial charge is 0.508 e. The quantitative estimate of drug-likeness (QED) is 0.548. The van der Waals surface area contributed by atoms with Crippen molar-refractivity contribution >= 4 is 5.97 Å².